The summed E-state index contributed by atoms with van der Waals surface area (Å²) in [7, 11) is 0. The molecule has 1 N–H and O–H groups in total. The number of rotatable bonds is 3. The van der Waals surface area contributed by atoms with Crippen molar-refractivity contribution >= 4 is 0 Å². The van der Waals surface area contributed by atoms with Gasteiger partial charge in [0.05, 0.1) is 6.20 Å². The molecule has 0 spiro atoms. The standard InChI is InChI=1S/C11H17NO/c1-4-5-11(2,3)9-6-10(13)8-12-7-9/h6-8,13H,4-5H2,1-3H3. The average molecular weight is 179 g/mol. The van der Waals surface area contributed by atoms with Crippen LogP contribution >= 0.6 is 0 Å². The van der Waals surface area contributed by atoms with Crippen LogP contribution < -0.4 is 0 Å². The van der Waals surface area contributed by atoms with Gasteiger partial charge in [-0.2, -0.15) is 0 Å². The fourth-order valence-corrected chi connectivity index (χ4v) is 1.57. The maximum absolute atomic E-state index is 9.28. The number of pyridine rings is 1. The Morgan fingerprint density at radius 2 is 2.08 bits per heavy atom. The topological polar surface area (TPSA) is 33.1 Å². The lowest BCUT2D eigenvalue weighted by Gasteiger charge is -2.24. The monoisotopic (exact) mass is 179 g/mol. The molecule has 13 heavy (non-hydrogen) atoms. The van der Waals surface area contributed by atoms with Crippen LogP contribution in [0.2, 0.25) is 0 Å². The molecule has 0 amide bonds. The van der Waals surface area contributed by atoms with E-state index in [4.69, 9.17) is 0 Å². The maximum Gasteiger partial charge on any atom is 0.134 e. The van der Waals surface area contributed by atoms with Crippen molar-refractivity contribution in [2.75, 3.05) is 0 Å². The van der Waals surface area contributed by atoms with Crippen LogP contribution in [-0.4, -0.2) is 10.1 Å². The molecule has 2 heteroatoms. The number of hydrogen-bond donors (Lipinski definition) is 1. The van der Waals surface area contributed by atoms with Gasteiger partial charge in [0.1, 0.15) is 5.75 Å². The first kappa shape index (κ1) is 10.0. The van der Waals surface area contributed by atoms with Crippen LogP contribution in [0.5, 0.6) is 5.75 Å². The van der Waals surface area contributed by atoms with E-state index in [9.17, 15) is 5.11 Å². The summed E-state index contributed by atoms with van der Waals surface area (Å²) in [6.45, 7) is 6.51. The van der Waals surface area contributed by atoms with Gasteiger partial charge < -0.3 is 5.11 Å². The molecule has 0 saturated heterocycles. The third-order valence-electron chi connectivity index (χ3n) is 2.38. The fourth-order valence-electron chi connectivity index (χ4n) is 1.57. The molecule has 1 aromatic rings. The van der Waals surface area contributed by atoms with E-state index in [0.29, 0.717) is 0 Å². The van der Waals surface area contributed by atoms with Crippen molar-refractivity contribution in [3.05, 3.63) is 24.0 Å². The summed E-state index contributed by atoms with van der Waals surface area (Å²) < 4.78 is 0. The summed E-state index contributed by atoms with van der Waals surface area (Å²) in [4.78, 5) is 3.98. The fraction of sp³-hybridized carbons (Fsp3) is 0.545. The summed E-state index contributed by atoms with van der Waals surface area (Å²) in [5.74, 6) is 0.252. The molecule has 0 aromatic carbocycles. The second kappa shape index (κ2) is 3.77. The van der Waals surface area contributed by atoms with Crippen molar-refractivity contribution in [3.8, 4) is 5.75 Å². The molecule has 0 aliphatic heterocycles. The molecule has 0 unspecified atom stereocenters. The highest BCUT2D eigenvalue weighted by Crippen LogP contribution is 2.29. The lowest BCUT2D eigenvalue weighted by Crippen LogP contribution is -2.16. The van der Waals surface area contributed by atoms with E-state index >= 15 is 0 Å². The van der Waals surface area contributed by atoms with E-state index < -0.39 is 0 Å². The third-order valence-corrected chi connectivity index (χ3v) is 2.38. The molecule has 0 bridgehead atoms. The quantitative estimate of drug-likeness (QED) is 0.774. The number of nitrogens with zero attached hydrogens (tertiary/aromatic N) is 1. The van der Waals surface area contributed by atoms with Crippen molar-refractivity contribution in [1.29, 1.82) is 0 Å². The Hall–Kier alpha value is -1.05. The highest BCUT2D eigenvalue weighted by molar-refractivity contribution is 5.27. The van der Waals surface area contributed by atoms with E-state index in [0.717, 1.165) is 18.4 Å². The van der Waals surface area contributed by atoms with Crippen LogP contribution in [0.3, 0.4) is 0 Å². The minimum atomic E-state index is 0.112. The molecular weight excluding hydrogens is 162 g/mol. The Morgan fingerprint density at radius 1 is 1.38 bits per heavy atom. The van der Waals surface area contributed by atoms with Gasteiger partial charge >= 0.3 is 0 Å². The van der Waals surface area contributed by atoms with Gasteiger partial charge in [0.15, 0.2) is 0 Å². The van der Waals surface area contributed by atoms with Crippen LogP contribution in [0.4, 0.5) is 0 Å². The van der Waals surface area contributed by atoms with E-state index in [1.165, 1.54) is 6.20 Å². The highest BCUT2D eigenvalue weighted by Gasteiger charge is 2.19. The van der Waals surface area contributed by atoms with Crippen LogP contribution in [0.1, 0.15) is 39.2 Å². The average Bonchev–Trinajstić information content (AvgIpc) is 2.04. The van der Waals surface area contributed by atoms with Crippen LogP contribution in [0, 0.1) is 0 Å². The first-order valence-corrected chi connectivity index (χ1v) is 4.71. The minimum absolute atomic E-state index is 0.112. The second-order valence-electron chi connectivity index (χ2n) is 4.07. The van der Waals surface area contributed by atoms with Crippen LogP contribution in [0.25, 0.3) is 0 Å². The van der Waals surface area contributed by atoms with Gasteiger partial charge in [0.2, 0.25) is 0 Å². The third kappa shape index (κ3) is 2.44. The predicted octanol–water partition coefficient (Wildman–Crippen LogP) is 2.86. The molecule has 0 atom stereocenters. The van der Waals surface area contributed by atoms with Gasteiger partial charge in [0.25, 0.3) is 0 Å². The Labute approximate surface area is 79.6 Å². The molecule has 0 aliphatic carbocycles. The van der Waals surface area contributed by atoms with Gasteiger partial charge in [-0.15, -0.1) is 0 Å². The zero-order chi connectivity index (χ0) is 9.90. The Morgan fingerprint density at radius 3 is 2.62 bits per heavy atom. The number of hydrogen-bond acceptors (Lipinski definition) is 2. The van der Waals surface area contributed by atoms with E-state index in [2.05, 4.69) is 25.8 Å². The zero-order valence-corrected chi connectivity index (χ0v) is 8.54. The van der Waals surface area contributed by atoms with E-state index in [1.54, 1.807) is 6.07 Å². The zero-order valence-electron chi connectivity index (χ0n) is 8.54. The Kier molecular flexibility index (Phi) is 2.91. The van der Waals surface area contributed by atoms with Crippen molar-refractivity contribution in [1.82, 2.24) is 4.98 Å². The number of aromatic hydroxyl groups is 1. The smallest absolute Gasteiger partial charge is 0.134 e. The summed E-state index contributed by atoms with van der Waals surface area (Å²) in [6, 6.07) is 1.79. The summed E-state index contributed by atoms with van der Waals surface area (Å²) in [5, 5.41) is 9.28. The molecule has 1 rings (SSSR count). The lowest BCUT2D eigenvalue weighted by molar-refractivity contribution is 0.450. The van der Waals surface area contributed by atoms with Crippen molar-refractivity contribution in [2.24, 2.45) is 0 Å². The van der Waals surface area contributed by atoms with Gasteiger partial charge in [-0.1, -0.05) is 27.2 Å². The van der Waals surface area contributed by atoms with Crippen molar-refractivity contribution < 1.29 is 5.11 Å². The van der Waals surface area contributed by atoms with Gasteiger partial charge in [0, 0.05) is 6.20 Å². The highest BCUT2D eigenvalue weighted by atomic mass is 16.3. The summed E-state index contributed by atoms with van der Waals surface area (Å²) >= 11 is 0. The molecular formula is C11H17NO. The Bertz CT molecular complexity index is 281. The van der Waals surface area contributed by atoms with Gasteiger partial charge in [-0.3, -0.25) is 4.98 Å². The molecule has 72 valence electrons. The molecule has 0 saturated carbocycles. The van der Waals surface area contributed by atoms with Crippen molar-refractivity contribution in [3.63, 3.8) is 0 Å². The summed E-state index contributed by atoms with van der Waals surface area (Å²) in [5.41, 5.74) is 1.22. The molecule has 0 fully saturated rings. The SMILES string of the molecule is CCCC(C)(C)c1cncc(O)c1. The van der Waals surface area contributed by atoms with E-state index in [-0.39, 0.29) is 11.2 Å². The van der Waals surface area contributed by atoms with Gasteiger partial charge in [-0.05, 0) is 23.5 Å². The normalized spacial score (nSPS) is 11.6. The first-order chi connectivity index (χ1) is 6.06. The second-order valence-corrected chi connectivity index (χ2v) is 4.07. The molecule has 0 radical (unpaired) electrons. The molecule has 1 aromatic heterocycles. The molecule has 1 heterocycles. The summed E-state index contributed by atoms with van der Waals surface area (Å²) in [6.07, 6.45) is 5.54. The minimum Gasteiger partial charge on any atom is -0.506 e. The molecule has 0 aliphatic rings. The van der Waals surface area contributed by atoms with Crippen LogP contribution in [0.15, 0.2) is 18.5 Å². The molecule has 2 nitrogen and oxygen atoms in total. The largest absolute Gasteiger partial charge is 0.506 e. The maximum atomic E-state index is 9.28. The van der Waals surface area contributed by atoms with E-state index in [1.807, 2.05) is 6.20 Å². The van der Waals surface area contributed by atoms with Crippen molar-refractivity contribution in [2.45, 2.75) is 39.0 Å². The lowest BCUT2D eigenvalue weighted by atomic mass is 9.81. The first-order valence-electron chi connectivity index (χ1n) is 4.71. The Balaban J connectivity index is 2.93. The number of aromatic nitrogens is 1. The van der Waals surface area contributed by atoms with Gasteiger partial charge in [-0.25, -0.2) is 0 Å². The predicted molar refractivity (Wildman–Crippen MR) is 53.8 cm³/mol. The van der Waals surface area contributed by atoms with Crippen LogP contribution in [-0.2, 0) is 5.41 Å².